The van der Waals surface area contributed by atoms with Crippen molar-refractivity contribution in [3.8, 4) is 0 Å². The van der Waals surface area contributed by atoms with Crippen molar-refractivity contribution < 1.29 is 14.2 Å². The van der Waals surface area contributed by atoms with Crippen LogP contribution in [0.2, 0.25) is 0 Å². The highest BCUT2D eigenvalue weighted by molar-refractivity contribution is 5.00. The summed E-state index contributed by atoms with van der Waals surface area (Å²) in [5.74, 6) is 3.32. The molecule has 5 atom stereocenters. The fourth-order valence-corrected chi connectivity index (χ4v) is 4.32. The Kier molecular flexibility index (Phi) is 7.37. The van der Waals surface area contributed by atoms with Gasteiger partial charge in [0.1, 0.15) is 0 Å². The van der Waals surface area contributed by atoms with E-state index in [0.717, 1.165) is 25.7 Å². The maximum atomic E-state index is 5.78. The second-order valence-corrected chi connectivity index (χ2v) is 6.46. The van der Waals surface area contributed by atoms with Gasteiger partial charge in [-0.2, -0.15) is 0 Å². The summed E-state index contributed by atoms with van der Waals surface area (Å²) < 4.78 is 17.2. The van der Waals surface area contributed by atoms with Crippen molar-refractivity contribution in [1.82, 2.24) is 0 Å². The van der Waals surface area contributed by atoms with E-state index in [1.54, 1.807) is 0 Å². The topological polar surface area (TPSA) is 27.7 Å². The van der Waals surface area contributed by atoms with Crippen molar-refractivity contribution in [3.05, 3.63) is 38.0 Å². The molecular formula is C19H30O3. The molecule has 2 aliphatic carbocycles. The standard InChI is InChI=1S/C19H30O3/c1-4-7-20-12-16-10-15-11-17(16)19(14-22-9-6-3)18(15)13-21-8-5-2/h4-6,15-19H,1-3,7-14H2. The molecule has 2 rings (SSSR count). The summed E-state index contributed by atoms with van der Waals surface area (Å²) >= 11 is 0. The number of fused-ring (bicyclic) bond motifs is 2. The minimum atomic E-state index is 0.584. The molecule has 2 saturated carbocycles. The van der Waals surface area contributed by atoms with Gasteiger partial charge in [0.15, 0.2) is 0 Å². The predicted octanol–water partition coefficient (Wildman–Crippen LogP) is 3.48. The Morgan fingerprint density at radius 1 is 0.727 bits per heavy atom. The van der Waals surface area contributed by atoms with Crippen LogP contribution in [-0.2, 0) is 14.2 Å². The van der Waals surface area contributed by atoms with Crippen LogP contribution in [0.1, 0.15) is 12.8 Å². The van der Waals surface area contributed by atoms with Crippen LogP contribution in [0.5, 0.6) is 0 Å². The molecular weight excluding hydrogens is 276 g/mol. The maximum absolute atomic E-state index is 5.78. The lowest BCUT2D eigenvalue weighted by Gasteiger charge is -2.35. The third-order valence-electron chi connectivity index (χ3n) is 5.15. The van der Waals surface area contributed by atoms with Crippen molar-refractivity contribution in [2.45, 2.75) is 12.8 Å². The first-order chi connectivity index (χ1) is 10.8. The average Bonchev–Trinajstić information content (AvgIpc) is 3.07. The van der Waals surface area contributed by atoms with Crippen LogP contribution in [0.3, 0.4) is 0 Å². The summed E-state index contributed by atoms with van der Waals surface area (Å²) in [4.78, 5) is 0. The Morgan fingerprint density at radius 3 is 1.86 bits per heavy atom. The molecule has 124 valence electrons. The minimum absolute atomic E-state index is 0.584. The van der Waals surface area contributed by atoms with Gasteiger partial charge in [0.25, 0.3) is 0 Å². The van der Waals surface area contributed by atoms with Gasteiger partial charge in [-0.1, -0.05) is 18.2 Å². The Bertz CT molecular complexity index is 366. The van der Waals surface area contributed by atoms with Crippen molar-refractivity contribution >= 4 is 0 Å². The number of hydrogen-bond acceptors (Lipinski definition) is 3. The molecule has 5 unspecified atom stereocenters. The van der Waals surface area contributed by atoms with Crippen LogP contribution in [0.25, 0.3) is 0 Å². The lowest BCUT2D eigenvalue weighted by molar-refractivity contribution is -0.00920. The zero-order valence-electron chi connectivity index (χ0n) is 13.6. The molecule has 0 aromatic rings. The molecule has 0 aromatic heterocycles. The number of ether oxygens (including phenoxy) is 3. The molecule has 0 amide bonds. The molecule has 2 bridgehead atoms. The molecule has 0 N–H and O–H groups in total. The molecule has 3 nitrogen and oxygen atoms in total. The van der Waals surface area contributed by atoms with Crippen LogP contribution in [0.4, 0.5) is 0 Å². The van der Waals surface area contributed by atoms with Crippen LogP contribution < -0.4 is 0 Å². The normalized spacial score (nSPS) is 33.0. The fraction of sp³-hybridized carbons (Fsp3) is 0.684. The molecule has 3 heteroatoms. The second kappa shape index (κ2) is 9.29. The smallest absolute Gasteiger partial charge is 0.0644 e. The Balaban J connectivity index is 1.89. The summed E-state index contributed by atoms with van der Waals surface area (Å²) in [6.45, 7) is 15.6. The molecule has 2 fully saturated rings. The van der Waals surface area contributed by atoms with E-state index in [1.165, 1.54) is 12.8 Å². The van der Waals surface area contributed by atoms with E-state index >= 15 is 0 Å². The maximum Gasteiger partial charge on any atom is 0.0644 e. The van der Waals surface area contributed by atoms with Crippen LogP contribution in [0.15, 0.2) is 38.0 Å². The van der Waals surface area contributed by atoms with E-state index in [4.69, 9.17) is 14.2 Å². The summed E-state index contributed by atoms with van der Waals surface area (Å²) in [6, 6.07) is 0. The zero-order valence-corrected chi connectivity index (χ0v) is 13.6. The van der Waals surface area contributed by atoms with Gasteiger partial charge in [-0.3, -0.25) is 0 Å². The van der Waals surface area contributed by atoms with E-state index in [1.807, 2.05) is 18.2 Å². The van der Waals surface area contributed by atoms with Gasteiger partial charge < -0.3 is 14.2 Å². The first kappa shape index (κ1) is 17.5. The fourth-order valence-electron chi connectivity index (χ4n) is 4.32. The third-order valence-corrected chi connectivity index (χ3v) is 5.15. The van der Waals surface area contributed by atoms with Gasteiger partial charge in [-0.25, -0.2) is 0 Å². The Hall–Kier alpha value is -0.900. The van der Waals surface area contributed by atoms with Gasteiger partial charge in [0.05, 0.1) is 39.6 Å². The summed E-state index contributed by atoms with van der Waals surface area (Å²) in [5, 5.41) is 0. The molecule has 0 radical (unpaired) electrons. The lowest BCUT2D eigenvalue weighted by atomic mass is 9.75. The second-order valence-electron chi connectivity index (χ2n) is 6.46. The summed E-state index contributed by atoms with van der Waals surface area (Å²) in [6.07, 6.45) is 8.03. The largest absolute Gasteiger partial charge is 0.377 e. The SMILES string of the molecule is C=CCOCC1CC2CC1C(COCC=C)C2COCC=C. The molecule has 0 aromatic carbocycles. The van der Waals surface area contributed by atoms with Crippen molar-refractivity contribution in [1.29, 1.82) is 0 Å². The van der Waals surface area contributed by atoms with Crippen LogP contribution in [0, 0.1) is 29.6 Å². The molecule has 0 spiro atoms. The highest BCUT2D eigenvalue weighted by Gasteiger charge is 2.52. The van der Waals surface area contributed by atoms with E-state index in [9.17, 15) is 0 Å². The number of hydrogen-bond donors (Lipinski definition) is 0. The average molecular weight is 306 g/mol. The molecule has 2 aliphatic rings. The van der Waals surface area contributed by atoms with Crippen molar-refractivity contribution in [3.63, 3.8) is 0 Å². The lowest BCUT2D eigenvalue weighted by Crippen LogP contribution is -2.35. The monoisotopic (exact) mass is 306 g/mol. The first-order valence-corrected chi connectivity index (χ1v) is 8.37. The van der Waals surface area contributed by atoms with Gasteiger partial charge in [0, 0.05) is 0 Å². The van der Waals surface area contributed by atoms with Crippen molar-refractivity contribution in [2.24, 2.45) is 29.6 Å². The molecule has 0 saturated heterocycles. The third kappa shape index (κ3) is 4.31. The van der Waals surface area contributed by atoms with Gasteiger partial charge in [-0.15, -0.1) is 19.7 Å². The van der Waals surface area contributed by atoms with Gasteiger partial charge in [-0.05, 0) is 42.4 Å². The zero-order chi connectivity index (χ0) is 15.8. The molecule has 0 aliphatic heterocycles. The van der Waals surface area contributed by atoms with Gasteiger partial charge >= 0.3 is 0 Å². The first-order valence-electron chi connectivity index (χ1n) is 8.37. The minimum Gasteiger partial charge on any atom is -0.377 e. The van der Waals surface area contributed by atoms with E-state index < -0.39 is 0 Å². The quantitative estimate of drug-likeness (QED) is 0.408. The Morgan fingerprint density at radius 2 is 1.27 bits per heavy atom. The number of rotatable bonds is 12. The molecule has 22 heavy (non-hydrogen) atoms. The van der Waals surface area contributed by atoms with Gasteiger partial charge in [0.2, 0.25) is 0 Å². The highest BCUT2D eigenvalue weighted by Crippen LogP contribution is 2.55. The summed E-state index contributed by atoms with van der Waals surface area (Å²) in [5.41, 5.74) is 0. The molecule has 0 heterocycles. The van der Waals surface area contributed by atoms with Crippen LogP contribution in [-0.4, -0.2) is 39.6 Å². The van der Waals surface area contributed by atoms with E-state index in [2.05, 4.69) is 19.7 Å². The predicted molar refractivity (Wildman–Crippen MR) is 89.7 cm³/mol. The van der Waals surface area contributed by atoms with E-state index in [-0.39, 0.29) is 0 Å². The Labute approximate surface area is 135 Å². The van der Waals surface area contributed by atoms with Crippen LogP contribution >= 0.6 is 0 Å². The highest BCUT2D eigenvalue weighted by atomic mass is 16.5. The van der Waals surface area contributed by atoms with Crippen molar-refractivity contribution in [2.75, 3.05) is 39.6 Å². The summed E-state index contributed by atoms with van der Waals surface area (Å²) in [7, 11) is 0. The van der Waals surface area contributed by atoms with E-state index in [0.29, 0.717) is 43.5 Å².